The minimum absolute atomic E-state index is 0. The van der Waals surface area contributed by atoms with E-state index in [1.807, 2.05) is 0 Å². The van der Waals surface area contributed by atoms with E-state index in [2.05, 4.69) is 4.18 Å². The van der Waals surface area contributed by atoms with Crippen LogP contribution >= 0.6 is 11.6 Å². The number of halogens is 1. The van der Waals surface area contributed by atoms with Crippen molar-refractivity contribution in [2.45, 2.75) is 6.10 Å². The summed E-state index contributed by atoms with van der Waals surface area (Å²) in [4.78, 5) is 0. The molecule has 0 amide bonds. The van der Waals surface area contributed by atoms with Gasteiger partial charge in [-0.1, -0.05) is 0 Å². The number of hydrogen-bond donors (Lipinski definition) is 1. The quantitative estimate of drug-likeness (QED) is 0.366. The van der Waals surface area contributed by atoms with Crippen molar-refractivity contribution in [2.24, 2.45) is 0 Å². The van der Waals surface area contributed by atoms with Gasteiger partial charge in [0.1, 0.15) is 5.75 Å². The maximum absolute atomic E-state index is 10.5. The van der Waals surface area contributed by atoms with Gasteiger partial charge < -0.3 is 5.11 Å². The Morgan fingerprint density at radius 2 is 2.09 bits per heavy atom. The van der Waals surface area contributed by atoms with Crippen LogP contribution in [0.25, 0.3) is 0 Å². The van der Waals surface area contributed by atoms with E-state index in [1.54, 1.807) is 0 Å². The molecule has 1 atom stereocenters. The molecule has 0 spiro atoms. The fraction of sp³-hybridized carbons (Fsp3) is 1.00. The average molecular weight is 213 g/mol. The van der Waals surface area contributed by atoms with Gasteiger partial charge in [0.05, 0.1) is 13.2 Å². The molecular formula is C4H10ClNaO4S. The molecule has 0 aromatic carbocycles. The predicted octanol–water partition coefficient (Wildman–Crippen LogP) is -1.09. The van der Waals surface area contributed by atoms with Crippen LogP contribution in [0.1, 0.15) is 0 Å². The van der Waals surface area contributed by atoms with Gasteiger partial charge in [-0.05, 0) is 0 Å². The summed E-state index contributed by atoms with van der Waals surface area (Å²) in [7, 11) is -2.53. The zero-order valence-electron chi connectivity index (χ0n) is 5.45. The van der Waals surface area contributed by atoms with Crippen molar-refractivity contribution >= 4 is 51.3 Å². The Bertz CT molecular complexity index is 181. The van der Waals surface area contributed by atoms with E-state index in [1.165, 1.54) is 0 Å². The zero-order chi connectivity index (χ0) is 8.20. The molecule has 0 aliphatic carbocycles. The van der Waals surface area contributed by atoms with Crippen molar-refractivity contribution in [3.8, 4) is 0 Å². The number of hydrogen-bond acceptors (Lipinski definition) is 4. The Morgan fingerprint density at radius 1 is 1.64 bits per heavy atom. The summed E-state index contributed by atoms with van der Waals surface area (Å²) in [6.07, 6.45) is -1.05. The van der Waals surface area contributed by atoms with Gasteiger partial charge in [-0.15, -0.1) is 11.6 Å². The zero-order valence-corrected chi connectivity index (χ0v) is 7.02. The Kier molecular flexibility index (Phi) is 8.87. The Morgan fingerprint density at radius 3 is 2.36 bits per heavy atom. The van der Waals surface area contributed by atoms with Crippen molar-refractivity contribution in [2.75, 3.05) is 18.7 Å². The van der Waals surface area contributed by atoms with Crippen LogP contribution < -0.4 is 0 Å². The van der Waals surface area contributed by atoms with E-state index in [4.69, 9.17) is 16.7 Å². The van der Waals surface area contributed by atoms with Crippen molar-refractivity contribution in [1.29, 1.82) is 0 Å². The number of aliphatic hydroxyl groups excluding tert-OH is 1. The molecule has 7 heteroatoms. The second kappa shape index (κ2) is 6.65. The summed E-state index contributed by atoms with van der Waals surface area (Å²) in [5, 5.41) is 8.73. The van der Waals surface area contributed by atoms with Gasteiger partial charge in [-0.2, -0.15) is 8.42 Å². The molecule has 4 nitrogen and oxygen atoms in total. The van der Waals surface area contributed by atoms with Crippen molar-refractivity contribution < 1.29 is 17.7 Å². The molecular weight excluding hydrogens is 203 g/mol. The molecule has 0 saturated heterocycles. The first-order chi connectivity index (χ1) is 4.52. The summed E-state index contributed by atoms with van der Waals surface area (Å²) < 4.78 is 25.1. The molecule has 0 rings (SSSR count). The number of aliphatic hydroxyl groups is 1. The molecule has 0 radical (unpaired) electrons. The standard InChI is InChI=1S/C4H9ClO4S.Na.H/c1-9-10(7,8)3-4(6)2-5;;/h4,6H,2-3H2,1H3;;. The van der Waals surface area contributed by atoms with Crippen LogP contribution in [-0.2, 0) is 14.3 Å². The van der Waals surface area contributed by atoms with E-state index in [0.29, 0.717) is 0 Å². The number of alkyl halides is 1. The first kappa shape index (κ1) is 14.7. The minimum atomic E-state index is -3.57. The topological polar surface area (TPSA) is 63.6 Å². The van der Waals surface area contributed by atoms with Crippen molar-refractivity contribution in [1.82, 2.24) is 0 Å². The van der Waals surface area contributed by atoms with Crippen molar-refractivity contribution in [3.63, 3.8) is 0 Å². The molecule has 64 valence electrons. The summed E-state index contributed by atoms with van der Waals surface area (Å²) in [5.41, 5.74) is 0. The molecule has 1 unspecified atom stereocenters. The summed E-state index contributed by atoms with van der Waals surface area (Å²) in [6.45, 7) is 0. The van der Waals surface area contributed by atoms with Crippen LogP contribution in [-0.4, -0.2) is 67.9 Å². The Labute approximate surface area is 93.3 Å². The molecule has 11 heavy (non-hydrogen) atoms. The van der Waals surface area contributed by atoms with Gasteiger partial charge in [0, 0.05) is 5.88 Å². The molecule has 0 aliphatic rings. The normalized spacial score (nSPS) is 13.7. The third-order valence-corrected chi connectivity index (χ3v) is 2.49. The van der Waals surface area contributed by atoms with E-state index < -0.39 is 22.0 Å². The molecule has 0 bridgehead atoms. The predicted molar refractivity (Wildman–Crippen MR) is 44.7 cm³/mol. The molecule has 0 aliphatic heterocycles. The van der Waals surface area contributed by atoms with Crippen LogP contribution in [0, 0.1) is 0 Å². The molecule has 0 saturated carbocycles. The molecule has 0 aromatic heterocycles. The van der Waals surface area contributed by atoms with Crippen LogP contribution in [0.2, 0.25) is 0 Å². The van der Waals surface area contributed by atoms with Crippen LogP contribution in [0.3, 0.4) is 0 Å². The second-order valence-corrected chi connectivity index (χ2v) is 3.79. The van der Waals surface area contributed by atoms with Crippen molar-refractivity contribution in [3.05, 3.63) is 0 Å². The van der Waals surface area contributed by atoms with Gasteiger partial charge in [0.2, 0.25) is 0 Å². The molecule has 0 heterocycles. The first-order valence-electron chi connectivity index (χ1n) is 2.54. The van der Waals surface area contributed by atoms with Gasteiger partial charge >= 0.3 is 29.6 Å². The summed E-state index contributed by atoms with van der Waals surface area (Å²) in [5.74, 6) is -0.560. The van der Waals surface area contributed by atoms with E-state index in [0.717, 1.165) is 7.11 Å². The van der Waals surface area contributed by atoms with Gasteiger partial charge in [-0.25, -0.2) is 0 Å². The Balaban J connectivity index is 0. The Hall–Kier alpha value is 1.16. The molecule has 1 N–H and O–H groups in total. The van der Waals surface area contributed by atoms with Crippen LogP contribution in [0.15, 0.2) is 0 Å². The SMILES string of the molecule is COS(=O)(=O)CC(O)CCl.[NaH]. The third kappa shape index (κ3) is 7.52. The molecule has 0 aromatic rings. The monoisotopic (exact) mass is 212 g/mol. The van der Waals surface area contributed by atoms with Gasteiger partial charge in [0.15, 0.2) is 0 Å². The van der Waals surface area contributed by atoms with Crippen LogP contribution in [0.5, 0.6) is 0 Å². The third-order valence-electron chi connectivity index (χ3n) is 0.829. The maximum atomic E-state index is 10.5. The fourth-order valence-corrected chi connectivity index (χ4v) is 1.31. The van der Waals surface area contributed by atoms with Gasteiger partial charge in [0.25, 0.3) is 10.1 Å². The van der Waals surface area contributed by atoms with Gasteiger partial charge in [-0.3, -0.25) is 4.18 Å². The first-order valence-corrected chi connectivity index (χ1v) is 4.65. The van der Waals surface area contributed by atoms with E-state index >= 15 is 0 Å². The summed E-state index contributed by atoms with van der Waals surface area (Å²) in [6, 6.07) is 0. The van der Waals surface area contributed by atoms with E-state index in [-0.39, 0.29) is 35.4 Å². The summed E-state index contributed by atoms with van der Waals surface area (Å²) >= 11 is 5.15. The van der Waals surface area contributed by atoms with Crippen LogP contribution in [0.4, 0.5) is 0 Å². The van der Waals surface area contributed by atoms with E-state index in [9.17, 15) is 8.42 Å². The second-order valence-electron chi connectivity index (χ2n) is 1.70. The fourth-order valence-electron chi connectivity index (χ4n) is 0.348. The molecule has 0 fully saturated rings. The average Bonchev–Trinajstić information content (AvgIpc) is 1.87. The number of rotatable bonds is 4.